The SMILES string of the molecule is C=CCN1C(=O)[C@]2(Oc3ccccc3[C@H]3CC(c4ccc(C)cc4)=NN32)c2ccccc21. The van der Waals surface area contributed by atoms with Gasteiger partial charge < -0.3 is 9.64 Å². The second-order valence-corrected chi connectivity index (χ2v) is 8.48. The van der Waals surface area contributed by atoms with Crippen molar-refractivity contribution in [2.24, 2.45) is 5.10 Å². The minimum atomic E-state index is -1.33. The van der Waals surface area contributed by atoms with Gasteiger partial charge in [0.1, 0.15) is 5.75 Å². The normalized spacial score (nSPS) is 22.8. The van der Waals surface area contributed by atoms with Gasteiger partial charge in [-0.05, 0) is 24.6 Å². The van der Waals surface area contributed by atoms with Gasteiger partial charge in [0, 0.05) is 18.5 Å². The number of hydrogen-bond donors (Lipinski definition) is 0. The van der Waals surface area contributed by atoms with E-state index in [-0.39, 0.29) is 11.9 Å². The van der Waals surface area contributed by atoms with Crippen molar-refractivity contribution in [2.75, 3.05) is 11.4 Å². The van der Waals surface area contributed by atoms with E-state index in [4.69, 9.17) is 9.84 Å². The fraction of sp³-hybridized carbons (Fsp3) is 0.185. The van der Waals surface area contributed by atoms with E-state index < -0.39 is 5.72 Å². The Morgan fingerprint density at radius 2 is 1.84 bits per heavy atom. The van der Waals surface area contributed by atoms with E-state index in [2.05, 4.69) is 43.8 Å². The molecule has 3 aromatic rings. The Morgan fingerprint density at radius 3 is 2.66 bits per heavy atom. The number of anilines is 1. The average Bonchev–Trinajstić information content (AvgIpc) is 3.36. The third-order valence-electron chi connectivity index (χ3n) is 6.56. The summed E-state index contributed by atoms with van der Waals surface area (Å²) in [5.41, 5.74) is 4.62. The van der Waals surface area contributed by atoms with Gasteiger partial charge in [-0.3, -0.25) is 4.79 Å². The molecule has 2 atom stereocenters. The first kappa shape index (κ1) is 18.9. The Bertz CT molecular complexity index is 1280. The molecule has 0 radical (unpaired) electrons. The van der Waals surface area contributed by atoms with Gasteiger partial charge in [-0.2, -0.15) is 5.10 Å². The van der Waals surface area contributed by atoms with E-state index in [9.17, 15) is 4.79 Å². The van der Waals surface area contributed by atoms with Crippen LogP contribution in [0.2, 0.25) is 0 Å². The highest BCUT2D eigenvalue weighted by Crippen LogP contribution is 2.55. The van der Waals surface area contributed by atoms with E-state index in [1.165, 1.54) is 5.56 Å². The van der Waals surface area contributed by atoms with Gasteiger partial charge in [0.15, 0.2) is 0 Å². The first-order valence-corrected chi connectivity index (χ1v) is 10.9. The van der Waals surface area contributed by atoms with Crippen molar-refractivity contribution in [1.29, 1.82) is 0 Å². The molecule has 1 spiro atoms. The maximum atomic E-state index is 14.0. The average molecular weight is 422 g/mol. The molecule has 3 heterocycles. The number of para-hydroxylation sites is 2. The molecule has 0 N–H and O–H groups in total. The summed E-state index contributed by atoms with van der Waals surface area (Å²) in [6, 6.07) is 24.1. The zero-order chi connectivity index (χ0) is 21.9. The van der Waals surface area contributed by atoms with Gasteiger partial charge in [-0.1, -0.05) is 72.3 Å². The summed E-state index contributed by atoms with van der Waals surface area (Å²) in [6.45, 7) is 6.34. The topological polar surface area (TPSA) is 45.1 Å². The summed E-state index contributed by atoms with van der Waals surface area (Å²) in [7, 11) is 0. The summed E-state index contributed by atoms with van der Waals surface area (Å²) >= 11 is 0. The second-order valence-electron chi connectivity index (χ2n) is 8.48. The smallest absolute Gasteiger partial charge is 0.306 e. The molecule has 0 aromatic heterocycles. The summed E-state index contributed by atoms with van der Waals surface area (Å²) in [6.07, 6.45) is 2.45. The quantitative estimate of drug-likeness (QED) is 0.564. The minimum Gasteiger partial charge on any atom is -0.453 e. The molecule has 3 aliphatic rings. The number of aryl methyl sites for hydroxylation is 1. The van der Waals surface area contributed by atoms with Crippen LogP contribution in [0.4, 0.5) is 5.69 Å². The molecule has 0 unspecified atom stereocenters. The number of ether oxygens (including phenoxy) is 1. The van der Waals surface area contributed by atoms with Crippen LogP contribution in [0.3, 0.4) is 0 Å². The first-order valence-electron chi connectivity index (χ1n) is 10.9. The second kappa shape index (κ2) is 6.82. The predicted octanol–water partition coefficient (Wildman–Crippen LogP) is 4.92. The summed E-state index contributed by atoms with van der Waals surface area (Å²) < 4.78 is 6.61. The predicted molar refractivity (Wildman–Crippen MR) is 125 cm³/mol. The Kier molecular flexibility index (Phi) is 4.02. The number of hydrogen-bond acceptors (Lipinski definition) is 4. The molecule has 0 fully saturated rings. The molecule has 3 aliphatic heterocycles. The third kappa shape index (κ3) is 2.45. The molecule has 5 heteroatoms. The summed E-state index contributed by atoms with van der Waals surface area (Å²) in [5.74, 6) is 0.602. The van der Waals surface area contributed by atoms with Crippen molar-refractivity contribution < 1.29 is 9.53 Å². The van der Waals surface area contributed by atoms with Crippen LogP contribution >= 0.6 is 0 Å². The zero-order valence-corrected chi connectivity index (χ0v) is 17.9. The largest absolute Gasteiger partial charge is 0.453 e. The van der Waals surface area contributed by atoms with Gasteiger partial charge in [-0.15, -0.1) is 6.58 Å². The number of nitrogens with zero attached hydrogens (tertiary/aromatic N) is 3. The summed E-state index contributed by atoms with van der Waals surface area (Å²) in [5, 5.41) is 6.94. The molecule has 3 aromatic carbocycles. The van der Waals surface area contributed by atoms with Gasteiger partial charge in [0.25, 0.3) is 5.91 Å². The molecular weight excluding hydrogens is 398 g/mol. The lowest BCUT2D eigenvalue weighted by Gasteiger charge is -2.44. The van der Waals surface area contributed by atoms with Crippen molar-refractivity contribution >= 4 is 17.3 Å². The van der Waals surface area contributed by atoms with Gasteiger partial charge in [0.05, 0.1) is 23.0 Å². The van der Waals surface area contributed by atoms with Gasteiger partial charge in [0.2, 0.25) is 0 Å². The Labute approximate surface area is 187 Å². The zero-order valence-electron chi connectivity index (χ0n) is 17.9. The summed E-state index contributed by atoms with van der Waals surface area (Å²) in [4.78, 5) is 15.8. The highest BCUT2D eigenvalue weighted by molar-refractivity contribution is 6.08. The lowest BCUT2D eigenvalue weighted by atomic mass is 9.92. The Morgan fingerprint density at radius 1 is 1.09 bits per heavy atom. The lowest BCUT2D eigenvalue weighted by Crippen LogP contribution is -2.57. The molecule has 0 aliphatic carbocycles. The van der Waals surface area contributed by atoms with Crippen molar-refractivity contribution in [3.8, 4) is 5.75 Å². The molecule has 32 heavy (non-hydrogen) atoms. The van der Waals surface area contributed by atoms with E-state index in [0.29, 0.717) is 13.0 Å². The molecule has 0 saturated carbocycles. The molecular formula is C27H23N3O2. The fourth-order valence-corrected chi connectivity index (χ4v) is 5.05. The highest BCUT2D eigenvalue weighted by atomic mass is 16.5. The van der Waals surface area contributed by atoms with E-state index >= 15 is 0 Å². The minimum absolute atomic E-state index is 0.0862. The lowest BCUT2D eigenvalue weighted by molar-refractivity contribution is -0.163. The fourth-order valence-electron chi connectivity index (χ4n) is 5.05. The van der Waals surface area contributed by atoms with E-state index in [1.54, 1.807) is 11.0 Å². The maximum Gasteiger partial charge on any atom is 0.306 e. The van der Waals surface area contributed by atoms with Crippen LogP contribution < -0.4 is 9.64 Å². The van der Waals surface area contributed by atoms with Crippen molar-refractivity contribution in [3.05, 3.63) is 108 Å². The third-order valence-corrected chi connectivity index (χ3v) is 6.56. The van der Waals surface area contributed by atoms with Crippen molar-refractivity contribution in [2.45, 2.75) is 25.1 Å². The van der Waals surface area contributed by atoms with Crippen LogP contribution in [0.5, 0.6) is 5.75 Å². The molecule has 1 amide bonds. The van der Waals surface area contributed by atoms with Crippen LogP contribution in [0.1, 0.15) is 34.7 Å². The molecule has 158 valence electrons. The first-order chi connectivity index (χ1) is 15.6. The highest BCUT2D eigenvalue weighted by Gasteiger charge is 2.62. The van der Waals surface area contributed by atoms with Gasteiger partial charge >= 0.3 is 5.72 Å². The number of carbonyl (C=O) groups is 1. The number of fused-ring (bicyclic) bond motifs is 6. The van der Waals surface area contributed by atoms with Crippen LogP contribution in [0.25, 0.3) is 0 Å². The van der Waals surface area contributed by atoms with Crippen LogP contribution in [0.15, 0.2) is 90.6 Å². The van der Waals surface area contributed by atoms with Crippen molar-refractivity contribution in [3.63, 3.8) is 0 Å². The van der Waals surface area contributed by atoms with Crippen LogP contribution in [-0.2, 0) is 10.5 Å². The van der Waals surface area contributed by atoms with Gasteiger partial charge in [-0.25, -0.2) is 5.01 Å². The van der Waals surface area contributed by atoms with Crippen LogP contribution in [0, 0.1) is 6.92 Å². The van der Waals surface area contributed by atoms with E-state index in [1.807, 2.05) is 47.5 Å². The Hall–Kier alpha value is -3.86. The molecule has 5 nitrogen and oxygen atoms in total. The molecule has 0 bridgehead atoms. The number of benzene rings is 3. The monoisotopic (exact) mass is 421 g/mol. The molecule has 0 saturated heterocycles. The standard InChI is InChI=1S/C27H23N3O2/c1-3-16-29-23-10-6-5-9-21(23)27(26(29)31)30-24(20-8-4-7-11-25(20)32-27)17-22(28-30)19-14-12-18(2)13-15-19/h3-15,24H,1,16-17H2,2H3/t24-,27-/m1/s1. The Balaban J connectivity index is 1.57. The number of carbonyl (C=O) groups excluding carboxylic acids is 1. The number of amides is 1. The van der Waals surface area contributed by atoms with Crippen LogP contribution in [-0.4, -0.2) is 23.2 Å². The maximum absolute atomic E-state index is 14.0. The van der Waals surface area contributed by atoms with Crippen molar-refractivity contribution in [1.82, 2.24) is 5.01 Å². The number of hydrazone groups is 1. The van der Waals surface area contributed by atoms with E-state index in [0.717, 1.165) is 33.8 Å². The number of rotatable bonds is 3. The molecule has 6 rings (SSSR count).